The van der Waals surface area contributed by atoms with E-state index in [0.29, 0.717) is 17.8 Å². The number of nitrogens with zero attached hydrogens (tertiary/aromatic N) is 2. The van der Waals surface area contributed by atoms with Gasteiger partial charge in [-0.1, -0.05) is 30.3 Å². The van der Waals surface area contributed by atoms with Crippen LogP contribution in [0.4, 0.5) is 0 Å². The van der Waals surface area contributed by atoms with E-state index in [9.17, 15) is 9.90 Å². The van der Waals surface area contributed by atoms with Crippen molar-refractivity contribution < 1.29 is 9.90 Å². The van der Waals surface area contributed by atoms with Crippen LogP contribution in [0.3, 0.4) is 0 Å². The summed E-state index contributed by atoms with van der Waals surface area (Å²) >= 11 is 0. The van der Waals surface area contributed by atoms with E-state index in [-0.39, 0.29) is 0 Å². The first kappa shape index (κ1) is 12.2. The molecule has 0 saturated heterocycles. The van der Waals surface area contributed by atoms with E-state index in [1.807, 2.05) is 18.2 Å². The predicted octanol–water partition coefficient (Wildman–Crippen LogP) is 1.39. The van der Waals surface area contributed by atoms with Crippen LogP contribution in [-0.2, 0) is 11.3 Å². The molecule has 0 saturated carbocycles. The first-order chi connectivity index (χ1) is 8.77. The van der Waals surface area contributed by atoms with Crippen LogP contribution in [-0.4, -0.2) is 21.0 Å². The molecule has 0 bridgehead atoms. The SMILES string of the molecule is O=C(O)C(NCc1cnccn1)c1ccccc1. The molecule has 2 N–H and O–H groups in total. The quantitative estimate of drug-likeness (QED) is 0.830. The Kier molecular flexibility index (Phi) is 3.98. The molecule has 2 rings (SSSR count). The molecule has 1 atom stereocenters. The Morgan fingerprint density at radius 2 is 2.06 bits per heavy atom. The van der Waals surface area contributed by atoms with E-state index in [0.717, 1.165) is 0 Å². The van der Waals surface area contributed by atoms with Crippen LogP contribution in [0.1, 0.15) is 17.3 Å². The van der Waals surface area contributed by atoms with Gasteiger partial charge in [-0.15, -0.1) is 0 Å². The molecule has 1 unspecified atom stereocenters. The summed E-state index contributed by atoms with van der Waals surface area (Å²) in [6.07, 6.45) is 4.77. The normalized spacial score (nSPS) is 12.0. The Morgan fingerprint density at radius 1 is 1.28 bits per heavy atom. The number of benzene rings is 1. The van der Waals surface area contributed by atoms with E-state index in [1.165, 1.54) is 0 Å². The van der Waals surface area contributed by atoms with Gasteiger partial charge in [0.1, 0.15) is 6.04 Å². The lowest BCUT2D eigenvalue weighted by molar-refractivity contribution is -0.139. The second-order valence-corrected chi connectivity index (χ2v) is 3.76. The second kappa shape index (κ2) is 5.88. The van der Waals surface area contributed by atoms with Gasteiger partial charge >= 0.3 is 5.97 Å². The molecule has 0 aliphatic carbocycles. The second-order valence-electron chi connectivity index (χ2n) is 3.76. The number of hydrogen-bond acceptors (Lipinski definition) is 4. The number of aliphatic carboxylic acids is 1. The highest BCUT2D eigenvalue weighted by molar-refractivity contribution is 5.75. The third kappa shape index (κ3) is 3.11. The van der Waals surface area contributed by atoms with E-state index in [1.54, 1.807) is 30.7 Å². The summed E-state index contributed by atoms with van der Waals surface area (Å²) in [5, 5.41) is 12.2. The maximum atomic E-state index is 11.2. The van der Waals surface area contributed by atoms with E-state index in [2.05, 4.69) is 15.3 Å². The van der Waals surface area contributed by atoms with Crippen LogP contribution in [0, 0.1) is 0 Å². The number of nitrogens with one attached hydrogen (secondary N) is 1. The zero-order valence-corrected chi connectivity index (χ0v) is 9.65. The fourth-order valence-corrected chi connectivity index (χ4v) is 1.62. The summed E-state index contributed by atoms with van der Waals surface area (Å²) < 4.78 is 0. The maximum absolute atomic E-state index is 11.2. The van der Waals surface area contributed by atoms with Crippen molar-refractivity contribution in [3.8, 4) is 0 Å². The smallest absolute Gasteiger partial charge is 0.325 e. The van der Waals surface area contributed by atoms with Crippen LogP contribution in [0.25, 0.3) is 0 Å². The van der Waals surface area contributed by atoms with Gasteiger partial charge in [-0.3, -0.25) is 20.1 Å². The summed E-state index contributed by atoms with van der Waals surface area (Å²) in [7, 11) is 0. The van der Waals surface area contributed by atoms with Crippen molar-refractivity contribution in [1.82, 2.24) is 15.3 Å². The van der Waals surface area contributed by atoms with Gasteiger partial charge in [-0.25, -0.2) is 0 Å². The van der Waals surface area contributed by atoms with Gasteiger partial charge < -0.3 is 5.11 Å². The van der Waals surface area contributed by atoms with Crippen molar-refractivity contribution in [3.63, 3.8) is 0 Å². The van der Waals surface area contributed by atoms with Crippen molar-refractivity contribution >= 4 is 5.97 Å². The van der Waals surface area contributed by atoms with Crippen molar-refractivity contribution in [1.29, 1.82) is 0 Å². The lowest BCUT2D eigenvalue weighted by atomic mass is 10.1. The van der Waals surface area contributed by atoms with Crippen LogP contribution < -0.4 is 5.32 Å². The van der Waals surface area contributed by atoms with Crippen LogP contribution >= 0.6 is 0 Å². The van der Waals surface area contributed by atoms with Crippen LogP contribution in [0.2, 0.25) is 0 Å². The molecule has 0 fully saturated rings. The van der Waals surface area contributed by atoms with Gasteiger partial charge in [-0.2, -0.15) is 0 Å². The topological polar surface area (TPSA) is 75.1 Å². The summed E-state index contributed by atoms with van der Waals surface area (Å²) in [5.74, 6) is -0.912. The summed E-state index contributed by atoms with van der Waals surface area (Å²) in [6.45, 7) is 0.361. The number of carboxylic acids is 1. The van der Waals surface area contributed by atoms with Crippen molar-refractivity contribution in [3.05, 3.63) is 60.2 Å². The highest BCUT2D eigenvalue weighted by atomic mass is 16.4. The standard InChI is InChI=1S/C13H13N3O2/c17-13(18)12(10-4-2-1-3-5-10)16-9-11-8-14-6-7-15-11/h1-8,12,16H,9H2,(H,17,18). The Balaban J connectivity index is 2.06. The Labute approximate surface area is 105 Å². The number of carbonyl (C=O) groups is 1. The Hall–Kier alpha value is -2.27. The van der Waals surface area contributed by atoms with Crippen molar-refractivity contribution in [2.45, 2.75) is 12.6 Å². The molecule has 0 radical (unpaired) electrons. The van der Waals surface area contributed by atoms with E-state index < -0.39 is 12.0 Å². The van der Waals surface area contributed by atoms with Gasteiger partial charge in [0.15, 0.2) is 0 Å². The summed E-state index contributed by atoms with van der Waals surface area (Å²) in [6, 6.07) is 8.30. The predicted molar refractivity (Wildman–Crippen MR) is 65.7 cm³/mol. The van der Waals surface area contributed by atoms with Crippen molar-refractivity contribution in [2.24, 2.45) is 0 Å². The average Bonchev–Trinajstić information content (AvgIpc) is 2.41. The largest absolute Gasteiger partial charge is 0.480 e. The molecular weight excluding hydrogens is 230 g/mol. The molecule has 0 aliphatic heterocycles. The molecular formula is C13H13N3O2. The highest BCUT2D eigenvalue weighted by Crippen LogP contribution is 2.13. The van der Waals surface area contributed by atoms with Crippen LogP contribution in [0.15, 0.2) is 48.9 Å². The number of carboxylic acid groups (broad SMARTS) is 1. The molecule has 0 amide bonds. The molecule has 18 heavy (non-hydrogen) atoms. The summed E-state index contributed by atoms with van der Waals surface area (Å²) in [5.41, 5.74) is 1.42. The first-order valence-corrected chi connectivity index (χ1v) is 5.53. The van der Waals surface area contributed by atoms with Crippen molar-refractivity contribution in [2.75, 3.05) is 0 Å². The molecule has 1 heterocycles. The Bertz CT molecular complexity index is 502. The minimum Gasteiger partial charge on any atom is -0.480 e. The highest BCUT2D eigenvalue weighted by Gasteiger charge is 2.18. The summed E-state index contributed by atoms with van der Waals surface area (Å²) in [4.78, 5) is 19.2. The first-order valence-electron chi connectivity index (χ1n) is 5.53. The zero-order valence-electron chi connectivity index (χ0n) is 9.65. The lowest BCUT2D eigenvalue weighted by Gasteiger charge is -2.14. The molecule has 92 valence electrons. The molecule has 1 aromatic heterocycles. The maximum Gasteiger partial charge on any atom is 0.325 e. The third-order valence-electron chi connectivity index (χ3n) is 2.48. The monoisotopic (exact) mass is 243 g/mol. The average molecular weight is 243 g/mol. The molecule has 5 nitrogen and oxygen atoms in total. The zero-order chi connectivity index (χ0) is 12.8. The van der Waals surface area contributed by atoms with E-state index in [4.69, 9.17) is 0 Å². The van der Waals surface area contributed by atoms with E-state index >= 15 is 0 Å². The number of aromatic nitrogens is 2. The molecule has 1 aromatic carbocycles. The van der Waals surface area contributed by atoms with Gasteiger partial charge in [0, 0.05) is 25.1 Å². The molecule has 5 heteroatoms. The number of hydrogen-bond donors (Lipinski definition) is 2. The van der Waals surface area contributed by atoms with Gasteiger partial charge in [0.25, 0.3) is 0 Å². The molecule has 0 aliphatic rings. The Morgan fingerprint density at radius 3 is 2.67 bits per heavy atom. The van der Waals surface area contributed by atoms with Crippen LogP contribution in [0.5, 0.6) is 0 Å². The third-order valence-corrected chi connectivity index (χ3v) is 2.48. The fraction of sp³-hybridized carbons (Fsp3) is 0.154. The van der Waals surface area contributed by atoms with Gasteiger partial charge in [0.05, 0.1) is 5.69 Å². The van der Waals surface area contributed by atoms with Gasteiger partial charge in [-0.05, 0) is 5.56 Å². The minimum atomic E-state index is -0.912. The van der Waals surface area contributed by atoms with Gasteiger partial charge in [0.2, 0.25) is 0 Å². The molecule has 2 aromatic rings. The minimum absolute atomic E-state index is 0.361. The lowest BCUT2D eigenvalue weighted by Crippen LogP contribution is -2.28. The molecule has 0 spiro atoms. The fourth-order valence-electron chi connectivity index (χ4n) is 1.62. The number of rotatable bonds is 5.